The fourth-order valence-electron chi connectivity index (χ4n) is 0.911. The monoisotopic (exact) mass is 187 g/mol. The van der Waals surface area contributed by atoms with E-state index in [-0.39, 0.29) is 6.61 Å². The zero-order valence-corrected chi connectivity index (χ0v) is 7.56. The lowest BCUT2D eigenvalue weighted by Crippen LogP contribution is -2.52. The second-order valence-corrected chi connectivity index (χ2v) is 2.80. The SMILES string of the molecule is CCCCON(C=O)C1COC1=O. The van der Waals surface area contributed by atoms with Gasteiger partial charge in [0, 0.05) is 0 Å². The van der Waals surface area contributed by atoms with E-state index in [9.17, 15) is 9.59 Å². The number of unbranched alkanes of at least 4 members (excludes halogenated alkanes) is 1. The van der Waals surface area contributed by atoms with E-state index in [0.717, 1.165) is 17.9 Å². The normalized spacial score (nSPS) is 20.4. The Morgan fingerprint density at radius 1 is 1.77 bits per heavy atom. The number of ether oxygens (including phenoxy) is 1. The molecule has 1 unspecified atom stereocenters. The molecule has 1 amide bonds. The van der Waals surface area contributed by atoms with Crippen molar-refractivity contribution in [1.82, 2.24) is 5.06 Å². The molecule has 1 heterocycles. The maximum absolute atomic E-state index is 10.8. The van der Waals surface area contributed by atoms with Crippen molar-refractivity contribution >= 4 is 12.4 Å². The minimum atomic E-state index is -0.533. The van der Waals surface area contributed by atoms with E-state index in [0.29, 0.717) is 13.0 Å². The zero-order valence-electron chi connectivity index (χ0n) is 7.56. The first kappa shape index (κ1) is 9.98. The zero-order chi connectivity index (χ0) is 9.68. The average molecular weight is 187 g/mol. The van der Waals surface area contributed by atoms with Gasteiger partial charge in [-0.1, -0.05) is 13.3 Å². The second-order valence-electron chi connectivity index (χ2n) is 2.80. The van der Waals surface area contributed by atoms with Crippen LogP contribution in [0.2, 0.25) is 0 Å². The topological polar surface area (TPSA) is 55.8 Å². The van der Waals surface area contributed by atoms with Crippen molar-refractivity contribution in [1.29, 1.82) is 0 Å². The van der Waals surface area contributed by atoms with Crippen LogP contribution in [0.3, 0.4) is 0 Å². The Morgan fingerprint density at radius 2 is 2.54 bits per heavy atom. The largest absolute Gasteiger partial charge is 0.461 e. The van der Waals surface area contributed by atoms with Gasteiger partial charge in [-0.25, -0.2) is 9.86 Å². The lowest BCUT2D eigenvalue weighted by Gasteiger charge is -2.31. The standard InChI is InChI=1S/C8H13NO4/c1-2-3-4-13-9(6-10)7-5-12-8(7)11/h6-7H,2-5H2,1H3. The van der Waals surface area contributed by atoms with Crippen LogP contribution >= 0.6 is 0 Å². The number of carbonyl (C=O) groups is 2. The first-order valence-corrected chi connectivity index (χ1v) is 4.32. The summed E-state index contributed by atoms with van der Waals surface area (Å²) in [5, 5.41) is 1.03. The molecular formula is C8H13NO4. The van der Waals surface area contributed by atoms with Crippen molar-refractivity contribution in [2.75, 3.05) is 13.2 Å². The average Bonchev–Trinajstić information content (AvgIpc) is 2.14. The van der Waals surface area contributed by atoms with Gasteiger partial charge in [0.15, 0.2) is 6.04 Å². The first-order valence-electron chi connectivity index (χ1n) is 4.32. The molecule has 1 atom stereocenters. The molecule has 5 heteroatoms. The molecule has 0 bridgehead atoms. The van der Waals surface area contributed by atoms with Crippen LogP contribution in [0, 0.1) is 0 Å². The van der Waals surface area contributed by atoms with E-state index >= 15 is 0 Å². The van der Waals surface area contributed by atoms with Crippen LogP contribution in [0.4, 0.5) is 0 Å². The number of carbonyl (C=O) groups excluding carboxylic acids is 2. The van der Waals surface area contributed by atoms with Crippen LogP contribution in [0.25, 0.3) is 0 Å². The molecule has 0 spiro atoms. The molecule has 74 valence electrons. The number of nitrogens with zero attached hydrogens (tertiary/aromatic N) is 1. The Morgan fingerprint density at radius 3 is 2.92 bits per heavy atom. The molecule has 1 rings (SSSR count). The molecule has 0 aromatic carbocycles. The van der Waals surface area contributed by atoms with Crippen LogP contribution in [-0.2, 0) is 19.2 Å². The summed E-state index contributed by atoms with van der Waals surface area (Å²) in [6.45, 7) is 2.72. The maximum Gasteiger partial charge on any atom is 0.335 e. The molecule has 5 nitrogen and oxygen atoms in total. The van der Waals surface area contributed by atoms with Gasteiger partial charge in [-0.15, -0.1) is 0 Å². The molecule has 1 fully saturated rings. The molecular weight excluding hydrogens is 174 g/mol. The second kappa shape index (κ2) is 4.81. The maximum atomic E-state index is 10.8. The lowest BCUT2D eigenvalue weighted by atomic mass is 10.2. The van der Waals surface area contributed by atoms with Crippen LogP contribution in [0.1, 0.15) is 19.8 Å². The van der Waals surface area contributed by atoms with Crippen molar-refractivity contribution in [3.05, 3.63) is 0 Å². The summed E-state index contributed by atoms with van der Waals surface area (Å²) >= 11 is 0. The highest BCUT2D eigenvalue weighted by Gasteiger charge is 2.36. The summed E-state index contributed by atoms with van der Waals surface area (Å²) in [5.74, 6) is -0.399. The Bertz CT molecular complexity index is 195. The molecule has 1 aliphatic heterocycles. The fraction of sp³-hybridized carbons (Fsp3) is 0.750. The molecule has 0 aromatic rings. The summed E-state index contributed by atoms with van der Waals surface area (Å²) in [6.07, 6.45) is 2.37. The van der Waals surface area contributed by atoms with Crippen molar-refractivity contribution in [2.45, 2.75) is 25.8 Å². The highest BCUT2D eigenvalue weighted by atomic mass is 16.7. The number of amides is 1. The Kier molecular flexibility index (Phi) is 3.70. The van der Waals surface area contributed by atoms with Crippen molar-refractivity contribution < 1.29 is 19.2 Å². The number of cyclic esters (lactones) is 1. The van der Waals surface area contributed by atoms with Crippen molar-refractivity contribution in [3.8, 4) is 0 Å². The van der Waals surface area contributed by atoms with E-state index < -0.39 is 12.0 Å². The van der Waals surface area contributed by atoms with E-state index in [1.54, 1.807) is 0 Å². The quantitative estimate of drug-likeness (QED) is 0.256. The van der Waals surface area contributed by atoms with Gasteiger partial charge in [-0.3, -0.25) is 9.63 Å². The van der Waals surface area contributed by atoms with Crippen LogP contribution < -0.4 is 0 Å². The van der Waals surface area contributed by atoms with Crippen molar-refractivity contribution in [2.24, 2.45) is 0 Å². The number of hydroxylamine groups is 2. The third-order valence-electron chi connectivity index (χ3n) is 1.80. The molecule has 0 saturated carbocycles. The van der Waals surface area contributed by atoms with E-state index in [2.05, 4.69) is 4.74 Å². The van der Waals surface area contributed by atoms with Crippen LogP contribution in [-0.4, -0.2) is 36.7 Å². The highest BCUT2D eigenvalue weighted by molar-refractivity contribution is 5.82. The third-order valence-corrected chi connectivity index (χ3v) is 1.80. The summed E-state index contributed by atoms with van der Waals surface area (Å²) < 4.78 is 4.51. The lowest BCUT2D eigenvalue weighted by molar-refractivity contribution is -0.223. The number of hydrogen-bond acceptors (Lipinski definition) is 4. The predicted octanol–water partition coefficient (Wildman–Crippen LogP) is 0.102. The van der Waals surface area contributed by atoms with Gasteiger partial charge in [0.2, 0.25) is 6.41 Å². The molecule has 13 heavy (non-hydrogen) atoms. The Balaban J connectivity index is 2.26. The first-order chi connectivity index (χ1) is 6.29. The van der Waals surface area contributed by atoms with E-state index in [1.807, 2.05) is 6.92 Å². The smallest absolute Gasteiger partial charge is 0.335 e. The highest BCUT2D eigenvalue weighted by Crippen LogP contribution is 2.11. The number of esters is 1. The molecule has 0 aliphatic carbocycles. The molecule has 0 aromatic heterocycles. The van der Waals surface area contributed by atoms with E-state index in [4.69, 9.17) is 4.84 Å². The van der Waals surface area contributed by atoms with Crippen LogP contribution in [0.5, 0.6) is 0 Å². The van der Waals surface area contributed by atoms with Gasteiger partial charge in [-0.2, -0.15) is 0 Å². The minimum Gasteiger partial charge on any atom is -0.461 e. The van der Waals surface area contributed by atoms with E-state index in [1.165, 1.54) is 0 Å². The van der Waals surface area contributed by atoms with Gasteiger partial charge in [0.25, 0.3) is 0 Å². The van der Waals surface area contributed by atoms with Gasteiger partial charge in [0.05, 0.1) is 6.61 Å². The van der Waals surface area contributed by atoms with Gasteiger partial charge in [0.1, 0.15) is 6.61 Å². The summed E-state index contributed by atoms with van der Waals surface area (Å²) in [7, 11) is 0. The molecule has 1 saturated heterocycles. The molecule has 0 N–H and O–H groups in total. The van der Waals surface area contributed by atoms with Gasteiger partial charge < -0.3 is 4.74 Å². The Labute approximate surface area is 76.6 Å². The van der Waals surface area contributed by atoms with Gasteiger partial charge in [-0.05, 0) is 6.42 Å². The van der Waals surface area contributed by atoms with Gasteiger partial charge >= 0.3 is 5.97 Å². The predicted molar refractivity (Wildman–Crippen MR) is 43.5 cm³/mol. The number of rotatable bonds is 6. The number of hydrogen-bond donors (Lipinski definition) is 0. The minimum absolute atomic E-state index is 0.240. The van der Waals surface area contributed by atoms with Crippen LogP contribution in [0.15, 0.2) is 0 Å². The summed E-state index contributed by atoms with van der Waals surface area (Å²) in [6, 6.07) is -0.533. The summed E-state index contributed by atoms with van der Waals surface area (Å²) in [4.78, 5) is 26.3. The molecule has 1 aliphatic rings. The summed E-state index contributed by atoms with van der Waals surface area (Å²) in [5.41, 5.74) is 0. The van der Waals surface area contributed by atoms with Crippen molar-refractivity contribution in [3.63, 3.8) is 0 Å². The molecule has 0 radical (unpaired) electrons. The third kappa shape index (κ3) is 2.42. The fourth-order valence-corrected chi connectivity index (χ4v) is 0.911. The Hall–Kier alpha value is -1.10.